The average molecular weight is 289 g/mol. The molecule has 6 heteroatoms. The summed E-state index contributed by atoms with van der Waals surface area (Å²) in [5.74, 6) is 0.319. The molecule has 0 aliphatic carbocycles. The van der Waals surface area contributed by atoms with E-state index in [1.54, 1.807) is 4.31 Å². The maximum absolute atomic E-state index is 12.2. The summed E-state index contributed by atoms with van der Waals surface area (Å²) in [6, 6.07) is 0. The van der Waals surface area contributed by atoms with Crippen LogP contribution in [0.5, 0.6) is 0 Å². The minimum atomic E-state index is -3.00. The Kier molecular flexibility index (Phi) is 5.62. The molecule has 2 heterocycles. The Morgan fingerprint density at radius 1 is 0.895 bits per heavy atom. The van der Waals surface area contributed by atoms with Crippen molar-refractivity contribution in [3.8, 4) is 0 Å². The highest BCUT2D eigenvalue weighted by Gasteiger charge is 2.23. The van der Waals surface area contributed by atoms with Crippen LogP contribution in [-0.4, -0.2) is 81.1 Å². The SMILES string of the molecule is CN1CCN(CCCS(=O)(=O)N2CCCCC2)CC1. The Hall–Kier alpha value is -0.170. The van der Waals surface area contributed by atoms with E-state index in [1.807, 2.05) is 0 Å². The van der Waals surface area contributed by atoms with Crippen molar-refractivity contribution in [2.24, 2.45) is 0 Å². The molecule has 0 N–H and O–H groups in total. The molecule has 0 aromatic carbocycles. The van der Waals surface area contributed by atoms with Gasteiger partial charge in [-0.15, -0.1) is 0 Å². The molecule has 2 fully saturated rings. The molecule has 2 aliphatic rings. The lowest BCUT2D eigenvalue weighted by Gasteiger charge is -2.32. The number of piperidine rings is 1. The van der Waals surface area contributed by atoms with Crippen LogP contribution >= 0.6 is 0 Å². The highest BCUT2D eigenvalue weighted by molar-refractivity contribution is 7.89. The molecular weight excluding hydrogens is 262 g/mol. The van der Waals surface area contributed by atoms with Crippen LogP contribution < -0.4 is 0 Å². The molecule has 0 aromatic rings. The molecule has 2 saturated heterocycles. The summed E-state index contributed by atoms with van der Waals surface area (Å²) in [6.45, 7) is 6.72. The second kappa shape index (κ2) is 7.02. The van der Waals surface area contributed by atoms with E-state index in [4.69, 9.17) is 0 Å². The van der Waals surface area contributed by atoms with Gasteiger partial charge >= 0.3 is 0 Å². The van der Waals surface area contributed by atoms with E-state index in [2.05, 4.69) is 16.8 Å². The monoisotopic (exact) mass is 289 g/mol. The fraction of sp³-hybridized carbons (Fsp3) is 1.00. The molecule has 0 unspecified atom stereocenters. The fourth-order valence-electron chi connectivity index (χ4n) is 2.81. The number of nitrogens with zero attached hydrogens (tertiary/aromatic N) is 3. The van der Waals surface area contributed by atoms with Crippen molar-refractivity contribution in [2.75, 3.05) is 58.6 Å². The van der Waals surface area contributed by atoms with Crippen molar-refractivity contribution in [1.82, 2.24) is 14.1 Å². The predicted octanol–water partition coefficient (Wildman–Crippen LogP) is 0.440. The zero-order valence-corrected chi connectivity index (χ0v) is 12.9. The van der Waals surface area contributed by atoms with Gasteiger partial charge in [-0.3, -0.25) is 0 Å². The maximum atomic E-state index is 12.2. The summed E-state index contributed by atoms with van der Waals surface area (Å²) in [5, 5.41) is 0. The highest BCUT2D eigenvalue weighted by atomic mass is 32.2. The van der Waals surface area contributed by atoms with Crippen molar-refractivity contribution < 1.29 is 8.42 Å². The van der Waals surface area contributed by atoms with Gasteiger partial charge in [0.25, 0.3) is 0 Å². The van der Waals surface area contributed by atoms with Gasteiger partial charge < -0.3 is 9.80 Å². The van der Waals surface area contributed by atoms with Gasteiger partial charge in [-0.25, -0.2) is 12.7 Å². The summed E-state index contributed by atoms with van der Waals surface area (Å²) in [4.78, 5) is 4.70. The Labute approximate surface area is 117 Å². The molecular formula is C13H27N3O2S. The van der Waals surface area contributed by atoms with Gasteiger partial charge in [0.15, 0.2) is 0 Å². The first-order valence-corrected chi connectivity index (χ1v) is 9.07. The Bertz CT molecular complexity index is 358. The van der Waals surface area contributed by atoms with Gasteiger partial charge in [0.2, 0.25) is 10.0 Å². The summed E-state index contributed by atoms with van der Waals surface area (Å²) in [5.41, 5.74) is 0. The average Bonchev–Trinajstić information content (AvgIpc) is 2.42. The molecule has 0 radical (unpaired) electrons. The third-order valence-corrected chi connectivity index (χ3v) is 6.14. The largest absolute Gasteiger partial charge is 0.304 e. The van der Waals surface area contributed by atoms with E-state index in [0.29, 0.717) is 5.75 Å². The van der Waals surface area contributed by atoms with Crippen LogP contribution in [-0.2, 0) is 10.0 Å². The van der Waals surface area contributed by atoms with Gasteiger partial charge in [0.05, 0.1) is 5.75 Å². The number of hydrogen-bond acceptors (Lipinski definition) is 4. The number of likely N-dealkylation sites (N-methyl/N-ethyl adjacent to an activating group) is 1. The van der Waals surface area contributed by atoms with Crippen molar-refractivity contribution in [2.45, 2.75) is 25.7 Å². The van der Waals surface area contributed by atoms with Crippen LogP contribution in [0.1, 0.15) is 25.7 Å². The number of sulfonamides is 1. The molecule has 2 rings (SSSR count). The molecule has 5 nitrogen and oxygen atoms in total. The fourth-order valence-corrected chi connectivity index (χ4v) is 4.38. The molecule has 0 spiro atoms. The van der Waals surface area contributed by atoms with Crippen LogP contribution in [0.4, 0.5) is 0 Å². The van der Waals surface area contributed by atoms with E-state index in [-0.39, 0.29) is 0 Å². The summed E-state index contributed by atoms with van der Waals surface area (Å²) in [7, 11) is -0.862. The van der Waals surface area contributed by atoms with E-state index in [1.165, 1.54) is 6.42 Å². The number of hydrogen-bond donors (Lipinski definition) is 0. The normalized spacial score (nSPS) is 24.7. The van der Waals surface area contributed by atoms with Gasteiger partial charge in [0, 0.05) is 39.3 Å². The molecule has 0 aromatic heterocycles. The molecule has 0 saturated carbocycles. The summed E-state index contributed by atoms with van der Waals surface area (Å²) >= 11 is 0. The smallest absolute Gasteiger partial charge is 0.214 e. The van der Waals surface area contributed by atoms with Gasteiger partial charge in [-0.05, 0) is 32.9 Å². The standard InChI is InChI=1S/C13H27N3O2S/c1-14-9-11-15(12-10-14)6-5-13-19(17,18)16-7-3-2-4-8-16/h2-13H2,1H3. The summed E-state index contributed by atoms with van der Waals surface area (Å²) < 4.78 is 26.1. The van der Waals surface area contributed by atoms with Gasteiger partial charge in [-0.2, -0.15) is 0 Å². The number of piperazine rings is 1. The van der Waals surface area contributed by atoms with Gasteiger partial charge in [0.1, 0.15) is 0 Å². The van der Waals surface area contributed by atoms with E-state index in [0.717, 1.165) is 65.1 Å². The lowest BCUT2D eigenvalue weighted by molar-refractivity contribution is 0.154. The lowest BCUT2D eigenvalue weighted by Crippen LogP contribution is -2.45. The maximum Gasteiger partial charge on any atom is 0.214 e. The highest BCUT2D eigenvalue weighted by Crippen LogP contribution is 2.14. The third kappa shape index (κ3) is 4.70. The zero-order valence-electron chi connectivity index (χ0n) is 12.1. The summed E-state index contributed by atoms with van der Waals surface area (Å²) in [6.07, 6.45) is 3.99. The Balaban J connectivity index is 1.69. The second-order valence-corrected chi connectivity index (χ2v) is 7.86. The van der Waals surface area contributed by atoms with Crippen LogP contribution in [0, 0.1) is 0 Å². The third-order valence-electron chi connectivity index (χ3n) is 4.18. The molecule has 112 valence electrons. The van der Waals surface area contributed by atoms with Crippen molar-refractivity contribution >= 4 is 10.0 Å². The van der Waals surface area contributed by atoms with Crippen LogP contribution in [0.2, 0.25) is 0 Å². The van der Waals surface area contributed by atoms with E-state index < -0.39 is 10.0 Å². The minimum absolute atomic E-state index is 0.319. The van der Waals surface area contributed by atoms with E-state index in [9.17, 15) is 8.42 Å². The first kappa shape index (κ1) is 15.2. The first-order chi connectivity index (χ1) is 9.08. The molecule has 2 aliphatic heterocycles. The lowest BCUT2D eigenvalue weighted by atomic mass is 10.2. The van der Waals surface area contributed by atoms with Gasteiger partial charge in [-0.1, -0.05) is 6.42 Å². The molecule has 0 atom stereocenters. The van der Waals surface area contributed by atoms with Crippen molar-refractivity contribution in [3.63, 3.8) is 0 Å². The van der Waals surface area contributed by atoms with Crippen LogP contribution in [0.15, 0.2) is 0 Å². The second-order valence-electron chi connectivity index (χ2n) is 5.77. The molecule has 19 heavy (non-hydrogen) atoms. The van der Waals surface area contributed by atoms with Crippen molar-refractivity contribution in [1.29, 1.82) is 0 Å². The minimum Gasteiger partial charge on any atom is -0.304 e. The first-order valence-electron chi connectivity index (χ1n) is 7.47. The quantitative estimate of drug-likeness (QED) is 0.737. The Morgan fingerprint density at radius 2 is 1.53 bits per heavy atom. The molecule has 0 bridgehead atoms. The van der Waals surface area contributed by atoms with Crippen LogP contribution in [0.25, 0.3) is 0 Å². The Morgan fingerprint density at radius 3 is 2.16 bits per heavy atom. The zero-order chi connectivity index (χ0) is 13.7. The number of rotatable bonds is 5. The van der Waals surface area contributed by atoms with Crippen LogP contribution in [0.3, 0.4) is 0 Å². The van der Waals surface area contributed by atoms with E-state index >= 15 is 0 Å². The van der Waals surface area contributed by atoms with Crippen molar-refractivity contribution in [3.05, 3.63) is 0 Å². The topological polar surface area (TPSA) is 43.9 Å². The molecule has 0 amide bonds. The predicted molar refractivity (Wildman–Crippen MR) is 77.8 cm³/mol.